The van der Waals surface area contributed by atoms with Gasteiger partial charge in [-0.25, -0.2) is 9.97 Å². The highest BCUT2D eigenvalue weighted by Gasteiger charge is 2.22. The minimum absolute atomic E-state index is 0.255. The summed E-state index contributed by atoms with van der Waals surface area (Å²) in [5.41, 5.74) is 3.25. The molecule has 1 saturated heterocycles. The van der Waals surface area contributed by atoms with E-state index in [1.807, 2.05) is 37.3 Å². The van der Waals surface area contributed by atoms with E-state index in [-0.39, 0.29) is 6.10 Å². The Morgan fingerprint density at radius 3 is 2.79 bits per heavy atom. The number of hydrogen-bond donors (Lipinski definition) is 1. The van der Waals surface area contributed by atoms with Crippen molar-refractivity contribution in [3.05, 3.63) is 54.0 Å². The average molecular weight is 322 g/mol. The highest BCUT2D eigenvalue weighted by Crippen LogP contribution is 2.21. The Balaban J connectivity index is 1.33. The number of H-pyrrole nitrogens is 1. The van der Waals surface area contributed by atoms with Crippen LogP contribution in [-0.2, 0) is 6.54 Å². The molecule has 24 heavy (non-hydrogen) atoms. The van der Waals surface area contributed by atoms with Crippen LogP contribution in [0.1, 0.15) is 24.2 Å². The molecule has 0 saturated carbocycles. The summed E-state index contributed by atoms with van der Waals surface area (Å²) in [7, 11) is 0. The standard InChI is InChI=1S/C19H22N4O/c1-14-5-4-10-20-19(14)24-15-8-11-23(12-9-15)13-18-21-16-6-2-3-7-17(16)22-18/h2-7,10,15H,8-9,11-13H2,1H3,(H,21,22). The van der Waals surface area contributed by atoms with Gasteiger partial charge >= 0.3 is 0 Å². The first-order chi connectivity index (χ1) is 11.8. The van der Waals surface area contributed by atoms with Gasteiger partial charge in [-0.15, -0.1) is 0 Å². The number of benzene rings is 1. The molecule has 0 aliphatic carbocycles. The van der Waals surface area contributed by atoms with Crippen LogP contribution in [-0.4, -0.2) is 39.0 Å². The molecule has 3 aromatic rings. The number of nitrogens with zero attached hydrogens (tertiary/aromatic N) is 3. The summed E-state index contributed by atoms with van der Waals surface area (Å²) in [5, 5.41) is 0. The van der Waals surface area contributed by atoms with E-state index in [4.69, 9.17) is 4.74 Å². The van der Waals surface area contributed by atoms with Gasteiger partial charge in [-0.05, 0) is 38.0 Å². The van der Waals surface area contributed by atoms with E-state index in [1.165, 1.54) is 0 Å². The van der Waals surface area contributed by atoms with Crippen molar-refractivity contribution < 1.29 is 4.74 Å². The second-order valence-corrected chi connectivity index (χ2v) is 6.42. The second kappa shape index (κ2) is 6.61. The zero-order valence-electron chi connectivity index (χ0n) is 13.9. The van der Waals surface area contributed by atoms with Crippen molar-refractivity contribution in [2.24, 2.45) is 0 Å². The monoisotopic (exact) mass is 322 g/mol. The number of aromatic nitrogens is 3. The number of rotatable bonds is 4. The molecular weight excluding hydrogens is 300 g/mol. The fourth-order valence-corrected chi connectivity index (χ4v) is 3.23. The van der Waals surface area contributed by atoms with Gasteiger partial charge in [0.15, 0.2) is 0 Å². The third-order valence-corrected chi connectivity index (χ3v) is 4.59. The molecule has 124 valence electrons. The molecule has 1 aliphatic heterocycles. The Bertz CT molecular complexity index is 788. The number of piperidine rings is 1. The van der Waals surface area contributed by atoms with Gasteiger partial charge in [0.25, 0.3) is 0 Å². The number of ether oxygens (including phenoxy) is 1. The maximum Gasteiger partial charge on any atom is 0.216 e. The summed E-state index contributed by atoms with van der Waals surface area (Å²) in [5.74, 6) is 1.81. The number of likely N-dealkylation sites (tertiary alicyclic amines) is 1. The largest absolute Gasteiger partial charge is 0.474 e. The molecule has 5 nitrogen and oxygen atoms in total. The van der Waals surface area contributed by atoms with Crippen LogP contribution < -0.4 is 4.74 Å². The number of pyridine rings is 1. The van der Waals surface area contributed by atoms with Crippen molar-refractivity contribution >= 4 is 11.0 Å². The van der Waals surface area contributed by atoms with Gasteiger partial charge in [0, 0.05) is 24.8 Å². The van der Waals surface area contributed by atoms with Crippen molar-refractivity contribution in [3.63, 3.8) is 0 Å². The fraction of sp³-hybridized carbons (Fsp3) is 0.368. The number of hydrogen-bond acceptors (Lipinski definition) is 4. The number of para-hydroxylation sites is 2. The number of imidazole rings is 1. The molecule has 1 aliphatic rings. The maximum atomic E-state index is 6.07. The van der Waals surface area contributed by atoms with Crippen molar-refractivity contribution in [2.45, 2.75) is 32.4 Å². The molecule has 2 aromatic heterocycles. The molecule has 5 heteroatoms. The Morgan fingerprint density at radius 1 is 1.17 bits per heavy atom. The van der Waals surface area contributed by atoms with E-state index >= 15 is 0 Å². The maximum absolute atomic E-state index is 6.07. The van der Waals surface area contributed by atoms with Gasteiger partial charge in [0.1, 0.15) is 11.9 Å². The number of fused-ring (bicyclic) bond motifs is 1. The minimum atomic E-state index is 0.255. The first-order valence-corrected chi connectivity index (χ1v) is 8.52. The summed E-state index contributed by atoms with van der Waals surface area (Å²) in [6.07, 6.45) is 4.09. The molecule has 3 heterocycles. The molecule has 0 amide bonds. The number of aryl methyl sites for hydroxylation is 1. The van der Waals surface area contributed by atoms with E-state index in [2.05, 4.69) is 25.9 Å². The van der Waals surface area contributed by atoms with Crippen LogP contribution in [0, 0.1) is 6.92 Å². The zero-order valence-corrected chi connectivity index (χ0v) is 13.9. The topological polar surface area (TPSA) is 54.0 Å². The lowest BCUT2D eigenvalue weighted by atomic mass is 10.1. The van der Waals surface area contributed by atoms with Crippen LogP contribution in [0.5, 0.6) is 5.88 Å². The van der Waals surface area contributed by atoms with Gasteiger partial charge in [0.2, 0.25) is 5.88 Å². The van der Waals surface area contributed by atoms with Gasteiger partial charge in [-0.2, -0.15) is 0 Å². The Morgan fingerprint density at radius 2 is 2.00 bits per heavy atom. The smallest absolute Gasteiger partial charge is 0.216 e. The van der Waals surface area contributed by atoms with Gasteiger partial charge in [0.05, 0.1) is 17.6 Å². The van der Waals surface area contributed by atoms with E-state index in [9.17, 15) is 0 Å². The molecular formula is C19H22N4O. The van der Waals surface area contributed by atoms with Crippen LogP contribution in [0.3, 0.4) is 0 Å². The van der Waals surface area contributed by atoms with Crippen molar-refractivity contribution in [3.8, 4) is 5.88 Å². The molecule has 1 aromatic carbocycles. The minimum Gasteiger partial charge on any atom is -0.474 e. The van der Waals surface area contributed by atoms with E-state index in [0.717, 1.165) is 60.8 Å². The second-order valence-electron chi connectivity index (χ2n) is 6.42. The SMILES string of the molecule is Cc1cccnc1OC1CCN(Cc2nc3ccccc3[nH]2)CC1. The summed E-state index contributed by atoms with van der Waals surface area (Å²) in [4.78, 5) is 14.8. The Hall–Kier alpha value is -2.40. The lowest BCUT2D eigenvalue weighted by Crippen LogP contribution is -2.38. The van der Waals surface area contributed by atoms with Gasteiger partial charge in [-0.3, -0.25) is 4.90 Å². The number of nitrogens with one attached hydrogen (secondary N) is 1. The first kappa shape index (κ1) is 15.1. The molecule has 0 radical (unpaired) electrons. The summed E-state index contributed by atoms with van der Waals surface area (Å²) in [6, 6.07) is 12.2. The van der Waals surface area contributed by atoms with Crippen molar-refractivity contribution in [1.82, 2.24) is 19.9 Å². The highest BCUT2D eigenvalue weighted by atomic mass is 16.5. The Labute approximate surface area is 141 Å². The molecule has 0 spiro atoms. The van der Waals surface area contributed by atoms with Crippen LogP contribution in [0.15, 0.2) is 42.6 Å². The van der Waals surface area contributed by atoms with Crippen molar-refractivity contribution in [1.29, 1.82) is 0 Å². The van der Waals surface area contributed by atoms with Gasteiger partial charge in [-0.1, -0.05) is 18.2 Å². The first-order valence-electron chi connectivity index (χ1n) is 8.52. The molecule has 1 fully saturated rings. The fourth-order valence-electron chi connectivity index (χ4n) is 3.23. The zero-order chi connectivity index (χ0) is 16.4. The third kappa shape index (κ3) is 3.26. The predicted octanol–water partition coefficient (Wildman–Crippen LogP) is 3.31. The van der Waals surface area contributed by atoms with Gasteiger partial charge < -0.3 is 9.72 Å². The van der Waals surface area contributed by atoms with Crippen LogP contribution in [0.2, 0.25) is 0 Å². The van der Waals surface area contributed by atoms with Crippen molar-refractivity contribution in [2.75, 3.05) is 13.1 Å². The van der Waals surface area contributed by atoms with Crippen LogP contribution in [0.4, 0.5) is 0 Å². The van der Waals surface area contributed by atoms with Crippen LogP contribution in [0.25, 0.3) is 11.0 Å². The lowest BCUT2D eigenvalue weighted by Gasteiger charge is -2.31. The third-order valence-electron chi connectivity index (χ3n) is 4.59. The molecule has 0 atom stereocenters. The van der Waals surface area contributed by atoms with Crippen LogP contribution >= 0.6 is 0 Å². The molecule has 0 bridgehead atoms. The number of aromatic amines is 1. The summed E-state index contributed by atoms with van der Waals surface area (Å²) in [6.45, 7) is 4.95. The predicted molar refractivity (Wildman–Crippen MR) is 94.0 cm³/mol. The highest BCUT2D eigenvalue weighted by molar-refractivity contribution is 5.74. The van der Waals surface area contributed by atoms with E-state index < -0.39 is 0 Å². The average Bonchev–Trinajstić information content (AvgIpc) is 3.01. The molecule has 1 N–H and O–H groups in total. The summed E-state index contributed by atoms with van der Waals surface area (Å²) >= 11 is 0. The Kier molecular flexibility index (Phi) is 4.17. The molecule has 4 rings (SSSR count). The molecule has 0 unspecified atom stereocenters. The normalized spacial score (nSPS) is 16.5. The summed E-state index contributed by atoms with van der Waals surface area (Å²) < 4.78 is 6.07. The van der Waals surface area contributed by atoms with E-state index in [0.29, 0.717) is 0 Å². The van der Waals surface area contributed by atoms with E-state index in [1.54, 1.807) is 6.20 Å². The lowest BCUT2D eigenvalue weighted by molar-refractivity contribution is 0.0914. The quantitative estimate of drug-likeness (QED) is 0.801.